The molecule has 0 saturated heterocycles. The Kier molecular flexibility index (Phi) is 5.33. The Bertz CT molecular complexity index is 363. The van der Waals surface area contributed by atoms with E-state index < -0.39 is 0 Å². The summed E-state index contributed by atoms with van der Waals surface area (Å²) in [6.45, 7) is 0.560. The van der Waals surface area contributed by atoms with Gasteiger partial charge in [-0.3, -0.25) is 4.79 Å². The van der Waals surface area contributed by atoms with Crippen LogP contribution >= 0.6 is 0 Å². The van der Waals surface area contributed by atoms with Crippen LogP contribution in [0, 0.1) is 0 Å². The molecule has 1 rings (SSSR count). The van der Waals surface area contributed by atoms with E-state index >= 15 is 0 Å². The van der Waals surface area contributed by atoms with E-state index in [0.29, 0.717) is 18.8 Å². The zero-order valence-electron chi connectivity index (χ0n) is 10.3. The molecule has 0 aliphatic rings. The lowest BCUT2D eigenvalue weighted by Crippen LogP contribution is -2.21. The number of carbonyl (C=O) groups is 1. The molecule has 1 N–H and O–H groups in total. The second-order valence-electron chi connectivity index (χ2n) is 4.09. The summed E-state index contributed by atoms with van der Waals surface area (Å²) in [5.74, 6) is 0.997. The third-order valence-electron chi connectivity index (χ3n) is 2.37. The first-order valence-electron chi connectivity index (χ1n) is 5.71. The molecule has 17 heavy (non-hydrogen) atoms. The second kappa shape index (κ2) is 6.78. The van der Waals surface area contributed by atoms with E-state index in [1.165, 1.54) is 0 Å². The Balaban J connectivity index is 2.14. The van der Waals surface area contributed by atoms with E-state index in [2.05, 4.69) is 0 Å². The van der Waals surface area contributed by atoms with Gasteiger partial charge in [0.1, 0.15) is 11.5 Å². The molecule has 4 heteroatoms. The largest absolute Gasteiger partial charge is 0.508 e. The maximum Gasteiger partial charge on any atom is 0.222 e. The molecule has 0 spiro atoms. The zero-order chi connectivity index (χ0) is 12.7. The van der Waals surface area contributed by atoms with Gasteiger partial charge in [0.2, 0.25) is 5.91 Å². The van der Waals surface area contributed by atoms with Crippen molar-refractivity contribution in [2.45, 2.75) is 19.3 Å². The zero-order valence-corrected chi connectivity index (χ0v) is 10.3. The summed E-state index contributed by atoms with van der Waals surface area (Å²) in [6, 6.07) is 6.71. The molecule has 0 aliphatic heterocycles. The number of nitrogens with zero attached hydrogens (tertiary/aromatic N) is 1. The van der Waals surface area contributed by atoms with Crippen molar-refractivity contribution in [3.05, 3.63) is 24.3 Å². The Morgan fingerprint density at radius 2 is 2.12 bits per heavy atom. The van der Waals surface area contributed by atoms with Gasteiger partial charge in [-0.15, -0.1) is 0 Å². The Morgan fingerprint density at radius 3 is 2.76 bits per heavy atom. The first-order valence-corrected chi connectivity index (χ1v) is 5.71. The highest BCUT2D eigenvalue weighted by molar-refractivity contribution is 5.75. The van der Waals surface area contributed by atoms with Gasteiger partial charge in [-0.05, 0) is 25.0 Å². The minimum Gasteiger partial charge on any atom is -0.508 e. The first kappa shape index (κ1) is 13.4. The molecule has 1 aromatic carbocycles. The van der Waals surface area contributed by atoms with Crippen LogP contribution in [0.2, 0.25) is 0 Å². The van der Waals surface area contributed by atoms with Gasteiger partial charge in [-0.1, -0.05) is 6.07 Å². The average molecular weight is 237 g/mol. The molecule has 0 atom stereocenters. The number of phenolic OH excluding ortho intramolecular Hbond substituents is 1. The fourth-order valence-corrected chi connectivity index (χ4v) is 1.37. The lowest BCUT2D eigenvalue weighted by Gasteiger charge is -2.10. The van der Waals surface area contributed by atoms with Crippen molar-refractivity contribution < 1.29 is 14.6 Å². The van der Waals surface area contributed by atoms with Crippen LogP contribution in [0.25, 0.3) is 0 Å². The number of amides is 1. The molecule has 94 valence electrons. The van der Waals surface area contributed by atoms with E-state index in [1.807, 2.05) is 0 Å². The fraction of sp³-hybridized carbons (Fsp3) is 0.462. The van der Waals surface area contributed by atoms with Gasteiger partial charge in [0.15, 0.2) is 0 Å². The number of rotatable bonds is 6. The molecule has 0 aromatic heterocycles. The van der Waals surface area contributed by atoms with Gasteiger partial charge >= 0.3 is 0 Å². The molecule has 0 saturated carbocycles. The van der Waals surface area contributed by atoms with E-state index in [0.717, 1.165) is 12.8 Å². The van der Waals surface area contributed by atoms with Crippen molar-refractivity contribution in [1.29, 1.82) is 0 Å². The number of hydrogen-bond acceptors (Lipinski definition) is 3. The van der Waals surface area contributed by atoms with Crippen LogP contribution in [-0.4, -0.2) is 36.6 Å². The third kappa shape index (κ3) is 5.24. The average Bonchev–Trinajstić information content (AvgIpc) is 2.28. The smallest absolute Gasteiger partial charge is 0.222 e. The molecular weight excluding hydrogens is 218 g/mol. The predicted octanol–water partition coefficient (Wildman–Crippen LogP) is 2.03. The monoisotopic (exact) mass is 237 g/mol. The normalized spacial score (nSPS) is 10.0. The van der Waals surface area contributed by atoms with Crippen LogP contribution in [0.3, 0.4) is 0 Å². The second-order valence-corrected chi connectivity index (χ2v) is 4.09. The Morgan fingerprint density at radius 1 is 1.35 bits per heavy atom. The van der Waals surface area contributed by atoms with Gasteiger partial charge in [0.25, 0.3) is 0 Å². The van der Waals surface area contributed by atoms with Gasteiger partial charge in [0, 0.05) is 26.6 Å². The van der Waals surface area contributed by atoms with Crippen LogP contribution in [0.1, 0.15) is 19.3 Å². The first-order chi connectivity index (χ1) is 8.09. The number of aromatic hydroxyl groups is 1. The summed E-state index contributed by atoms with van der Waals surface area (Å²) in [7, 11) is 3.51. The van der Waals surface area contributed by atoms with E-state index in [4.69, 9.17) is 4.74 Å². The molecule has 0 heterocycles. The van der Waals surface area contributed by atoms with Crippen LogP contribution in [0.5, 0.6) is 11.5 Å². The van der Waals surface area contributed by atoms with Crippen molar-refractivity contribution in [2.24, 2.45) is 0 Å². The van der Waals surface area contributed by atoms with E-state index in [1.54, 1.807) is 43.3 Å². The highest BCUT2D eigenvalue weighted by Gasteiger charge is 2.03. The number of benzene rings is 1. The number of unbranched alkanes of at least 4 members (excludes halogenated alkanes) is 1. The molecular formula is C13H19NO3. The molecule has 0 unspecified atom stereocenters. The van der Waals surface area contributed by atoms with Crippen molar-refractivity contribution in [2.75, 3.05) is 20.7 Å². The summed E-state index contributed by atoms with van der Waals surface area (Å²) in [5.41, 5.74) is 0. The summed E-state index contributed by atoms with van der Waals surface area (Å²) in [4.78, 5) is 12.9. The van der Waals surface area contributed by atoms with Crippen LogP contribution in [-0.2, 0) is 4.79 Å². The van der Waals surface area contributed by atoms with Crippen molar-refractivity contribution >= 4 is 5.91 Å². The van der Waals surface area contributed by atoms with Crippen molar-refractivity contribution in [1.82, 2.24) is 4.90 Å². The molecule has 0 bridgehead atoms. The van der Waals surface area contributed by atoms with Gasteiger partial charge in [0.05, 0.1) is 6.61 Å². The Labute approximate surface area is 102 Å². The highest BCUT2D eigenvalue weighted by Crippen LogP contribution is 2.17. The summed E-state index contributed by atoms with van der Waals surface area (Å²) >= 11 is 0. The summed E-state index contributed by atoms with van der Waals surface area (Å²) in [6.07, 6.45) is 2.20. The van der Waals surface area contributed by atoms with Gasteiger partial charge < -0.3 is 14.7 Å². The molecule has 0 aliphatic carbocycles. The highest BCUT2D eigenvalue weighted by atomic mass is 16.5. The number of ether oxygens (including phenoxy) is 1. The van der Waals surface area contributed by atoms with Crippen molar-refractivity contribution in [3.8, 4) is 11.5 Å². The minimum absolute atomic E-state index is 0.141. The predicted molar refractivity (Wildman–Crippen MR) is 66.1 cm³/mol. The maximum absolute atomic E-state index is 11.3. The van der Waals surface area contributed by atoms with Crippen molar-refractivity contribution in [3.63, 3.8) is 0 Å². The summed E-state index contributed by atoms with van der Waals surface area (Å²) in [5, 5.41) is 9.22. The molecule has 1 amide bonds. The fourth-order valence-electron chi connectivity index (χ4n) is 1.37. The lowest BCUT2D eigenvalue weighted by atomic mass is 10.2. The molecule has 1 aromatic rings. The minimum atomic E-state index is 0.141. The number of hydrogen-bond donors (Lipinski definition) is 1. The lowest BCUT2D eigenvalue weighted by molar-refractivity contribution is -0.128. The quantitative estimate of drug-likeness (QED) is 0.770. The van der Waals surface area contributed by atoms with Gasteiger partial charge in [-0.25, -0.2) is 0 Å². The third-order valence-corrected chi connectivity index (χ3v) is 2.37. The van der Waals surface area contributed by atoms with Crippen LogP contribution in [0.4, 0.5) is 0 Å². The Hall–Kier alpha value is -1.71. The maximum atomic E-state index is 11.3. The molecule has 0 fully saturated rings. The van der Waals surface area contributed by atoms with Crippen LogP contribution < -0.4 is 4.74 Å². The van der Waals surface area contributed by atoms with Gasteiger partial charge in [-0.2, -0.15) is 0 Å². The molecule has 0 radical (unpaired) electrons. The van der Waals surface area contributed by atoms with E-state index in [9.17, 15) is 9.90 Å². The molecule has 4 nitrogen and oxygen atoms in total. The van der Waals surface area contributed by atoms with E-state index in [-0.39, 0.29) is 11.7 Å². The number of carbonyl (C=O) groups excluding carboxylic acids is 1. The summed E-state index contributed by atoms with van der Waals surface area (Å²) < 4.78 is 5.44. The standard InChI is InChI=1S/C13H19NO3/c1-14(2)13(16)8-3-4-9-17-12-7-5-6-11(15)10-12/h5-7,10,15H,3-4,8-9H2,1-2H3. The SMILES string of the molecule is CN(C)C(=O)CCCCOc1cccc(O)c1. The van der Waals surface area contributed by atoms with Crippen LogP contribution in [0.15, 0.2) is 24.3 Å². The number of phenols is 1. The topological polar surface area (TPSA) is 49.8 Å².